The van der Waals surface area contributed by atoms with E-state index in [1.807, 2.05) is 29.0 Å². The molecule has 3 nitrogen and oxygen atoms in total. The quantitative estimate of drug-likeness (QED) is 0.313. The molecular weight excluding hydrogens is 389 g/mol. The lowest BCUT2D eigenvalue weighted by Crippen LogP contribution is -2.02. The molecule has 3 aromatic carbocycles. The molecule has 0 radical (unpaired) electrons. The Labute approximate surface area is 179 Å². The highest BCUT2D eigenvalue weighted by Gasteiger charge is 2.32. The molecular formula is C27H20FNO2. The molecule has 4 aromatic rings. The lowest BCUT2D eigenvalue weighted by atomic mass is 10.0. The van der Waals surface area contributed by atoms with Crippen molar-refractivity contribution in [3.05, 3.63) is 112 Å². The zero-order valence-corrected chi connectivity index (χ0v) is 17.1. The largest absolute Gasteiger partial charge is 0.342 e. The Morgan fingerprint density at radius 2 is 1.48 bits per heavy atom. The van der Waals surface area contributed by atoms with E-state index < -0.39 is 0 Å². The van der Waals surface area contributed by atoms with Crippen LogP contribution >= 0.6 is 0 Å². The van der Waals surface area contributed by atoms with Crippen LogP contribution in [0.15, 0.2) is 78.5 Å². The third kappa shape index (κ3) is 3.12. The number of benzene rings is 3. The van der Waals surface area contributed by atoms with Gasteiger partial charge in [0.05, 0.1) is 17.6 Å². The zero-order valence-electron chi connectivity index (χ0n) is 17.1. The first-order valence-corrected chi connectivity index (χ1v) is 10.3. The van der Waals surface area contributed by atoms with Crippen LogP contribution < -0.4 is 0 Å². The first kappa shape index (κ1) is 19.2. The van der Waals surface area contributed by atoms with E-state index in [0.29, 0.717) is 23.2 Å². The second kappa shape index (κ2) is 7.47. The lowest BCUT2D eigenvalue weighted by molar-refractivity contribution is 0.0990. The number of ketones is 2. The topological polar surface area (TPSA) is 39.1 Å². The van der Waals surface area contributed by atoms with Crippen molar-refractivity contribution in [2.24, 2.45) is 0 Å². The van der Waals surface area contributed by atoms with Gasteiger partial charge in [-0.2, -0.15) is 0 Å². The fourth-order valence-corrected chi connectivity index (χ4v) is 4.36. The summed E-state index contributed by atoms with van der Waals surface area (Å²) in [4.78, 5) is 25.7. The maximum absolute atomic E-state index is 14.3. The fourth-order valence-electron chi connectivity index (χ4n) is 4.36. The van der Waals surface area contributed by atoms with Gasteiger partial charge < -0.3 is 4.57 Å². The van der Waals surface area contributed by atoms with E-state index >= 15 is 0 Å². The molecule has 1 aliphatic carbocycles. The number of aromatic nitrogens is 1. The average molecular weight is 409 g/mol. The highest BCUT2D eigenvalue weighted by atomic mass is 19.1. The second-order valence-corrected chi connectivity index (χ2v) is 7.73. The van der Waals surface area contributed by atoms with Crippen LogP contribution in [0.3, 0.4) is 0 Å². The van der Waals surface area contributed by atoms with Gasteiger partial charge in [-0.25, -0.2) is 4.39 Å². The summed E-state index contributed by atoms with van der Waals surface area (Å²) in [5, 5.41) is 0.944. The van der Waals surface area contributed by atoms with Gasteiger partial charge in [-0.15, -0.1) is 0 Å². The Kier molecular flexibility index (Phi) is 4.63. The highest BCUT2D eigenvalue weighted by Crippen LogP contribution is 2.32. The van der Waals surface area contributed by atoms with Crippen LogP contribution in [-0.4, -0.2) is 16.1 Å². The number of carbonyl (C=O) groups is 2. The number of hydrogen-bond acceptors (Lipinski definition) is 2. The van der Waals surface area contributed by atoms with Crippen molar-refractivity contribution in [1.29, 1.82) is 0 Å². The van der Waals surface area contributed by atoms with E-state index in [9.17, 15) is 14.0 Å². The lowest BCUT2D eigenvalue weighted by Gasteiger charge is -2.09. The molecule has 31 heavy (non-hydrogen) atoms. The first-order chi connectivity index (χ1) is 15.1. The molecule has 0 saturated heterocycles. The van der Waals surface area contributed by atoms with Crippen molar-refractivity contribution in [3.8, 4) is 0 Å². The summed E-state index contributed by atoms with van der Waals surface area (Å²) in [6.45, 7) is 2.44. The van der Waals surface area contributed by atoms with Gasteiger partial charge in [0.15, 0.2) is 11.6 Å². The summed E-state index contributed by atoms with van der Waals surface area (Å²) < 4.78 is 16.3. The molecule has 0 fully saturated rings. The Morgan fingerprint density at radius 3 is 2.16 bits per heavy atom. The van der Waals surface area contributed by atoms with Gasteiger partial charge in [-0.3, -0.25) is 9.59 Å². The number of Topliss-reactive ketones (excluding diaryl/α,β-unsaturated/α-hetero) is 2. The van der Waals surface area contributed by atoms with E-state index in [0.717, 1.165) is 28.5 Å². The van der Waals surface area contributed by atoms with E-state index in [4.69, 9.17) is 0 Å². The van der Waals surface area contributed by atoms with Gasteiger partial charge in [-0.1, -0.05) is 67.6 Å². The molecule has 4 heteroatoms. The van der Waals surface area contributed by atoms with Crippen LogP contribution in [0.4, 0.5) is 4.39 Å². The minimum absolute atomic E-state index is 0.174. The molecule has 1 heterocycles. The Hall–Kier alpha value is -3.79. The molecule has 5 rings (SSSR count). The Balaban J connectivity index is 1.67. The molecule has 0 N–H and O–H groups in total. The SMILES string of the molecule is CCc1cccc2c(C=C3C(=O)c4ccccc4C3=O)cn(Cc3ccccc3F)c12. The Bertz CT molecular complexity index is 1360. The predicted molar refractivity (Wildman–Crippen MR) is 120 cm³/mol. The average Bonchev–Trinajstić information content (AvgIpc) is 3.26. The molecule has 1 aliphatic rings. The van der Waals surface area contributed by atoms with E-state index in [1.54, 1.807) is 42.5 Å². The van der Waals surface area contributed by atoms with Gasteiger partial charge in [0, 0.05) is 33.8 Å². The van der Waals surface area contributed by atoms with Crippen LogP contribution in [0.1, 0.15) is 44.3 Å². The maximum Gasteiger partial charge on any atom is 0.197 e. The van der Waals surface area contributed by atoms with E-state index in [1.165, 1.54) is 6.07 Å². The molecule has 0 amide bonds. The van der Waals surface area contributed by atoms with Crippen LogP contribution in [-0.2, 0) is 13.0 Å². The number of aryl methyl sites for hydroxylation is 1. The fraction of sp³-hybridized carbons (Fsp3) is 0.111. The summed E-state index contributed by atoms with van der Waals surface area (Å²) >= 11 is 0. The summed E-state index contributed by atoms with van der Waals surface area (Å²) in [7, 11) is 0. The summed E-state index contributed by atoms with van der Waals surface area (Å²) in [6.07, 6.45) is 4.41. The summed E-state index contributed by atoms with van der Waals surface area (Å²) in [5.41, 5.74) is 4.57. The van der Waals surface area contributed by atoms with Gasteiger partial charge in [0.2, 0.25) is 0 Å². The minimum atomic E-state index is -0.255. The Morgan fingerprint density at radius 1 is 0.839 bits per heavy atom. The number of carbonyl (C=O) groups excluding carboxylic acids is 2. The van der Waals surface area contributed by atoms with Crippen molar-refractivity contribution in [1.82, 2.24) is 4.57 Å². The molecule has 0 atom stereocenters. The normalized spacial score (nSPS) is 13.2. The van der Waals surface area contributed by atoms with Gasteiger partial charge in [0.1, 0.15) is 5.82 Å². The van der Waals surface area contributed by atoms with Crippen molar-refractivity contribution < 1.29 is 14.0 Å². The second-order valence-electron chi connectivity index (χ2n) is 7.73. The first-order valence-electron chi connectivity index (χ1n) is 10.3. The molecule has 0 spiro atoms. The van der Waals surface area contributed by atoms with Crippen LogP contribution in [0.5, 0.6) is 0 Å². The summed E-state index contributed by atoms with van der Waals surface area (Å²) in [5.74, 6) is -0.751. The standard InChI is InChI=1S/C27H20FNO2/c1-2-17-9-7-12-20-19(14-23-26(30)21-10-4-5-11-22(21)27(23)31)16-29(25(17)20)15-18-8-3-6-13-24(18)28/h3-14,16H,2,15H2,1H3. The monoisotopic (exact) mass is 409 g/mol. The van der Waals surface area contributed by atoms with Crippen LogP contribution in [0.25, 0.3) is 17.0 Å². The summed E-state index contributed by atoms with van der Waals surface area (Å²) in [6, 6.07) is 19.6. The third-order valence-corrected chi connectivity index (χ3v) is 5.90. The molecule has 0 bridgehead atoms. The smallest absolute Gasteiger partial charge is 0.197 e. The van der Waals surface area contributed by atoms with Crippen LogP contribution in [0.2, 0.25) is 0 Å². The van der Waals surface area contributed by atoms with Crippen LogP contribution in [0, 0.1) is 5.82 Å². The molecule has 0 unspecified atom stereocenters. The number of halogens is 1. The maximum atomic E-state index is 14.3. The number of hydrogen-bond donors (Lipinski definition) is 0. The van der Waals surface area contributed by atoms with Gasteiger partial charge in [0.25, 0.3) is 0 Å². The van der Waals surface area contributed by atoms with Gasteiger partial charge >= 0.3 is 0 Å². The molecule has 1 aromatic heterocycles. The van der Waals surface area contributed by atoms with E-state index in [-0.39, 0.29) is 23.0 Å². The molecule has 0 saturated carbocycles. The van der Waals surface area contributed by atoms with Crippen molar-refractivity contribution >= 4 is 28.5 Å². The van der Waals surface area contributed by atoms with Crippen molar-refractivity contribution in [3.63, 3.8) is 0 Å². The molecule has 0 aliphatic heterocycles. The number of para-hydroxylation sites is 1. The number of allylic oxidation sites excluding steroid dienone is 1. The van der Waals surface area contributed by atoms with Crippen molar-refractivity contribution in [2.45, 2.75) is 19.9 Å². The van der Waals surface area contributed by atoms with E-state index in [2.05, 4.69) is 13.0 Å². The zero-order chi connectivity index (χ0) is 21.5. The predicted octanol–water partition coefficient (Wildman–Crippen LogP) is 5.85. The van der Waals surface area contributed by atoms with Crippen molar-refractivity contribution in [2.75, 3.05) is 0 Å². The minimum Gasteiger partial charge on any atom is -0.342 e. The molecule has 152 valence electrons. The number of fused-ring (bicyclic) bond motifs is 2. The third-order valence-electron chi connectivity index (χ3n) is 5.90. The number of rotatable bonds is 4. The number of nitrogens with zero attached hydrogens (tertiary/aromatic N) is 1. The van der Waals surface area contributed by atoms with Gasteiger partial charge in [-0.05, 0) is 24.1 Å². The highest BCUT2D eigenvalue weighted by molar-refractivity contribution is 6.41.